The molecule has 3 aromatic rings. The molecule has 0 atom stereocenters. The van der Waals surface area contributed by atoms with Crippen molar-refractivity contribution in [1.82, 2.24) is 9.47 Å². The van der Waals surface area contributed by atoms with Gasteiger partial charge in [-0.05, 0) is 42.5 Å². The molecule has 0 spiro atoms. The summed E-state index contributed by atoms with van der Waals surface area (Å²) in [6.45, 7) is 1.56. The van der Waals surface area contributed by atoms with Gasteiger partial charge in [-0.2, -0.15) is 0 Å². The Labute approximate surface area is 159 Å². The number of rotatable bonds is 8. The average molecular weight is 360 g/mol. The highest BCUT2D eigenvalue weighted by Gasteiger charge is 2.34. The van der Waals surface area contributed by atoms with E-state index >= 15 is 0 Å². The molecule has 4 rings (SSSR count). The first-order valence-corrected chi connectivity index (χ1v) is 9.75. The van der Waals surface area contributed by atoms with E-state index < -0.39 is 0 Å². The number of aromatic nitrogens is 1. The van der Waals surface area contributed by atoms with Crippen LogP contribution in [0.15, 0.2) is 60.8 Å². The zero-order valence-electron chi connectivity index (χ0n) is 15.4. The summed E-state index contributed by atoms with van der Waals surface area (Å²) in [6.07, 6.45) is 7.51. The SMILES string of the molecule is O=C1c2ccccc2C(=O)N1CCCCCCCn1ccc2ccccc21. The van der Waals surface area contributed by atoms with E-state index in [-0.39, 0.29) is 11.8 Å². The fourth-order valence-corrected chi connectivity index (χ4v) is 3.86. The van der Waals surface area contributed by atoms with Crippen LogP contribution in [0.5, 0.6) is 0 Å². The molecule has 0 radical (unpaired) electrons. The molecule has 27 heavy (non-hydrogen) atoms. The van der Waals surface area contributed by atoms with E-state index in [1.807, 2.05) is 12.1 Å². The van der Waals surface area contributed by atoms with Crippen molar-refractivity contribution in [3.63, 3.8) is 0 Å². The number of aryl methyl sites for hydroxylation is 1. The third-order valence-corrected chi connectivity index (χ3v) is 5.34. The molecule has 0 saturated heterocycles. The highest BCUT2D eigenvalue weighted by molar-refractivity contribution is 6.21. The fourth-order valence-electron chi connectivity index (χ4n) is 3.86. The van der Waals surface area contributed by atoms with Crippen LogP contribution in [0.3, 0.4) is 0 Å². The highest BCUT2D eigenvalue weighted by atomic mass is 16.2. The molecule has 0 saturated carbocycles. The Morgan fingerprint density at radius 3 is 1.96 bits per heavy atom. The van der Waals surface area contributed by atoms with Crippen molar-refractivity contribution >= 4 is 22.7 Å². The van der Waals surface area contributed by atoms with Gasteiger partial charge in [0.05, 0.1) is 11.1 Å². The van der Waals surface area contributed by atoms with Gasteiger partial charge >= 0.3 is 0 Å². The summed E-state index contributed by atoms with van der Waals surface area (Å²) >= 11 is 0. The van der Waals surface area contributed by atoms with Gasteiger partial charge in [0.1, 0.15) is 0 Å². The van der Waals surface area contributed by atoms with Crippen molar-refractivity contribution in [2.24, 2.45) is 0 Å². The third-order valence-electron chi connectivity index (χ3n) is 5.34. The summed E-state index contributed by atoms with van der Waals surface area (Å²) in [4.78, 5) is 26.0. The number of unbranched alkanes of at least 4 members (excludes halogenated alkanes) is 4. The Bertz CT molecular complexity index is 938. The minimum atomic E-state index is -0.143. The monoisotopic (exact) mass is 360 g/mol. The number of amides is 2. The lowest BCUT2D eigenvalue weighted by atomic mass is 10.1. The van der Waals surface area contributed by atoms with E-state index in [9.17, 15) is 9.59 Å². The number of hydrogen-bond donors (Lipinski definition) is 0. The van der Waals surface area contributed by atoms with Gasteiger partial charge in [0.2, 0.25) is 0 Å². The molecule has 2 heterocycles. The lowest BCUT2D eigenvalue weighted by molar-refractivity contribution is 0.0651. The molecule has 1 aliphatic rings. The standard InChI is InChI=1S/C23H24N2O2/c26-22-19-11-5-6-12-20(19)23(27)25(22)16-9-3-1-2-8-15-24-17-14-18-10-4-7-13-21(18)24/h4-7,10-14,17H,1-3,8-9,15-16H2. The second-order valence-electron chi connectivity index (χ2n) is 7.14. The van der Waals surface area contributed by atoms with Crippen molar-refractivity contribution in [3.8, 4) is 0 Å². The van der Waals surface area contributed by atoms with Crippen molar-refractivity contribution in [3.05, 3.63) is 71.9 Å². The molecule has 2 aromatic carbocycles. The van der Waals surface area contributed by atoms with Gasteiger partial charge in [-0.1, -0.05) is 49.6 Å². The van der Waals surface area contributed by atoms with Crippen LogP contribution >= 0.6 is 0 Å². The first kappa shape index (κ1) is 17.5. The van der Waals surface area contributed by atoms with Gasteiger partial charge < -0.3 is 4.57 Å². The molecular formula is C23H24N2O2. The first-order valence-electron chi connectivity index (χ1n) is 9.75. The number of hydrogen-bond acceptors (Lipinski definition) is 2. The number of carbonyl (C=O) groups is 2. The average Bonchev–Trinajstić information content (AvgIpc) is 3.22. The minimum absolute atomic E-state index is 0.143. The van der Waals surface area contributed by atoms with Crippen LogP contribution in [0.4, 0.5) is 0 Å². The Hall–Kier alpha value is -2.88. The summed E-state index contributed by atoms with van der Waals surface area (Å²) in [7, 11) is 0. The number of carbonyl (C=O) groups excluding carboxylic acids is 2. The molecule has 0 fully saturated rings. The van der Waals surface area contributed by atoms with Crippen molar-refractivity contribution in [2.45, 2.75) is 38.6 Å². The van der Waals surface area contributed by atoms with E-state index in [0.717, 1.165) is 38.6 Å². The van der Waals surface area contributed by atoms with Crippen LogP contribution in [-0.4, -0.2) is 27.8 Å². The lowest BCUT2D eigenvalue weighted by Gasteiger charge is -2.13. The Morgan fingerprint density at radius 2 is 1.22 bits per heavy atom. The first-order chi connectivity index (χ1) is 13.3. The Kier molecular flexibility index (Phi) is 5.05. The fraction of sp³-hybridized carbons (Fsp3) is 0.304. The minimum Gasteiger partial charge on any atom is -0.347 e. The summed E-state index contributed by atoms with van der Waals surface area (Å²) in [5.74, 6) is -0.287. The van der Waals surface area contributed by atoms with Crippen molar-refractivity contribution in [1.29, 1.82) is 0 Å². The Balaban J connectivity index is 1.17. The topological polar surface area (TPSA) is 42.3 Å². The van der Waals surface area contributed by atoms with Crippen molar-refractivity contribution in [2.75, 3.05) is 6.54 Å². The summed E-state index contributed by atoms with van der Waals surface area (Å²) in [6, 6.07) is 17.7. The predicted octanol–water partition coefficient (Wildman–Crippen LogP) is 4.89. The molecular weight excluding hydrogens is 336 g/mol. The number of fused-ring (bicyclic) bond motifs is 2. The zero-order chi connectivity index (χ0) is 18.6. The van der Waals surface area contributed by atoms with Crippen molar-refractivity contribution < 1.29 is 9.59 Å². The normalized spacial score (nSPS) is 13.6. The summed E-state index contributed by atoms with van der Waals surface area (Å²) < 4.78 is 2.31. The second-order valence-corrected chi connectivity index (χ2v) is 7.14. The van der Waals surface area contributed by atoms with Gasteiger partial charge in [-0.25, -0.2) is 0 Å². The van der Waals surface area contributed by atoms with Crippen LogP contribution in [0, 0.1) is 0 Å². The number of para-hydroxylation sites is 1. The largest absolute Gasteiger partial charge is 0.347 e. The maximum Gasteiger partial charge on any atom is 0.261 e. The van der Waals surface area contributed by atoms with Gasteiger partial charge in [-0.15, -0.1) is 0 Å². The van der Waals surface area contributed by atoms with E-state index in [4.69, 9.17) is 0 Å². The molecule has 0 N–H and O–H groups in total. The van der Waals surface area contributed by atoms with Gasteiger partial charge in [0.25, 0.3) is 11.8 Å². The molecule has 0 aliphatic carbocycles. The Morgan fingerprint density at radius 1 is 0.630 bits per heavy atom. The molecule has 0 bridgehead atoms. The molecule has 1 aliphatic heterocycles. The van der Waals surface area contributed by atoms with Crippen LogP contribution in [0.25, 0.3) is 10.9 Å². The number of benzene rings is 2. The van der Waals surface area contributed by atoms with Gasteiger partial charge in [0, 0.05) is 24.8 Å². The molecule has 4 nitrogen and oxygen atoms in total. The highest BCUT2D eigenvalue weighted by Crippen LogP contribution is 2.23. The molecule has 2 amide bonds. The quantitative estimate of drug-likeness (QED) is 0.424. The van der Waals surface area contributed by atoms with Crippen LogP contribution in [0.2, 0.25) is 0 Å². The summed E-state index contributed by atoms with van der Waals surface area (Å²) in [5.41, 5.74) is 2.38. The maximum absolute atomic E-state index is 12.3. The predicted molar refractivity (Wildman–Crippen MR) is 107 cm³/mol. The summed E-state index contributed by atoms with van der Waals surface area (Å²) in [5, 5.41) is 1.29. The second kappa shape index (κ2) is 7.78. The van der Waals surface area contributed by atoms with E-state index in [2.05, 4.69) is 41.1 Å². The molecule has 0 unspecified atom stereocenters. The molecule has 138 valence electrons. The van der Waals surface area contributed by atoms with Crippen LogP contribution in [-0.2, 0) is 6.54 Å². The van der Waals surface area contributed by atoms with Gasteiger partial charge in [-0.3, -0.25) is 14.5 Å². The molecule has 4 heteroatoms. The zero-order valence-corrected chi connectivity index (χ0v) is 15.4. The third kappa shape index (κ3) is 3.52. The molecule has 1 aromatic heterocycles. The number of nitrogens with zero attached hydrogens (tertiary/aromatic N) is 2. The van der Waals surface area contributed by atoms with E-state index in [1.165, 1.54) is 15.8 Å². The van der Waals surface area contributed by atoms with E-state index in [1.54, 1.807) is 12.1 Å². The van der Waals surface area contributed by atoms with Crippen LogP contribution < -0.4 is 0 Å². The maximum atomic E-state index is 12.3. The van der Waals surface area contributed by atoms with E-state index in [0.29, 0.717) is 17.7 Å². The lowest BCUT2D eigenvalue weighted by Crippen LogP contribution is -2.30. The van der Waals surface area contributed by atoms with Gasteiger partial charge in [0.15, 0.2) is 0 Å². The number of imide groups is 1. The van der Waals surface area contributed by atoms with Crippen LogP contribution in [0.1, 0.15) is 52.8 Å². The smallest absolute Gasteiger partial charge is 0.261 e.